The molecule has 0 bridgehead atoms. The van der Waals surface area contributed by atoms with Crippen molar-refractivity contribution >= 4 is 9.84 Å². The molecule has 1 atom stereocenters. The molecule has 3 nitrogen and oxygen atoms in total. The quantitative estimate of drug-likeness (QED) is 0.845. The summed E-state index contributed by atoms with van der Waals surface area (Å²) in [6, 6.07) is 1.84. The predicted molar refractivity (Wildman–Crippen MR) is 50.1 cm³/mol. The Labute approximate surface area is 86.3 Å². The van der Waals surface area contributed by atoms with Crippen LogP contribution in [-0.4, -0.2) is 19.8 Å². The molecule has 0 aliphatic rings. The van der Waals surface area contributed by atoms with Gasteiger partial charge in [-0.25, -0.2) is 17.2 Å². The maximum absolute atomic E-state index is 13.5. The van der Waals surface area contributed by atoms with Gasteiger partial charge < -0.3 is 5.11 Å². The van der Waals surface area contributed by atoms with Gasteiger partial charge in [-0.2, -0.15) is 0 Å². The van der Waals surface area contributed by atoms with Gasteiger partial charge in [-0.15, -0.1) is 0 Å². The van der Waals surface area contributed by atoms with Gasteiger partial charge in [0.25, 0.3) is 0 Å². The van der Waals surface area contributed by atoms with E-state index in [9.17, 15) is 17.2 Å². The first-order valence-electron chi connectivity index (χ1n) is 4.11. The number of aliphatic hydroxyl groups excluding tert-OH is 1. The lowest BCUT2D eigenvalue weighted by molar-refractivity contribution is 0.193. The standard InChI is InChI=1S/C9H10F2O3S/c1-5(12)6-3-4-7(10)9(8(6)11)15(2,13)14/h3-5,12H,1-2H3. The highest BCUT2D eigenvalue weighted by Gasteiger charge is 2.23. The second kappa shape index (κ2) is 3.86. The van der Waals surface area contributed by atoms with Crippen LogP contribution in [0.1, 0.15) is 18.6 Å². The lowest BCUT2D eigenvalue weighted by atomic mass is 10.1. The van der Waals surface area contributed by atoms with Crippen molar-refractivity contribution in [1.29, 1.82) is 0 Å². The van der Waals surface area contributed by atoms with E-state index in [1.165, 1.54) is 6.92 Å². The van der Waals surface area contributed by atoms with Gasteiger partial charge in [-0.1, -0.05) is 6.07 Å². The summed E-state index contributed by atoms with van der Waals surface area (Å²) in [6.45, 7) is 1.27. The summed E-state index contributed by atoms with van der Waals surface area (Å²) >= 11 is 0. The Morgan fingerprint density at radius 3 is 2.27 bits per heavy atom. The number of hydrogen-bond donors (Lipinski definition) is 1. The van der Waals surface area contributed by atoms with Crippen molar-refractivity contribution in [1.82, 2.24) is 0 Å². The molecule has 1 unspecified atom stereocenters. The molecule has 1 aromatic rings. The Morgan fingerprint density at radius 1 is 1.33 bits per heavy atom. The number of hydrogen-bond acceptors (Lipinski definition) is 3. The Morgan fingerprint density at radius 2 is 1.87 bits per heavy atom. The van der Waals surface area contributed by atoms with Crippen molar-refractivity contribution in [3.63, 3.8) is 0 Å². The van der Waals surface area contributed by atoms with Gasteiger partial charge in [0.2, 0.25) is 0 Å². The molecule has 84 valence electrons. The van der Waals surface area contributed by atoms with E-state index in [4.69, 9.17) is 5.11 Å². The van der Waals surface area contributed by atoms with E-state index in [0.717, 1.165) is 12.1 Å². The summed E-state index contributed by atoms with van der Waals surface area (Å²) in [6.07, 6.45) is -0.480. The van der Waals surface area contributed by atoms with Crippen LogP contribution in [0.5, 0.6) is 0 Å². The summed E-state index contributed by atoms with van der Waals surface area (Å²) in [5.74, 6) is -2.38. The van der Waals surface area contributed by atoms with Crippen molar-refractivity contribution in [2.24, 2.45) is 0 Å². The fraction of sp³-hybridized carbons (Fsp3) is 0.333. The summed E-state index contributed by atoms with van der Waals surface area (Å²) in [4.78, 5) is -0.999. The fourth-order valence-corrected chi connectivity index (χ4v) is 2.08. The average molecular weight is 236 g/mol. The molecule has 0 aliphatic carbocycles. The number of aliphatic hydroxyl groups is 1. The maximum atomic E-state index is 13.5. The van der Waals surface area contributed by atoms with E-state index in [2.05, 4.69) is 0 Å². The number of rotatable bonds is 2. The van der Waals surface area contributed by atoms with Crippen LogP contribution in [0.2, 0.25) is 0 Å². The van der Waals surface area contributed by atoms with Gasteiger partial charge >= 0.3 is 0 Å². The Kier molecular flexibility index (Phi) is 3.11. The van der Waals surface area contributed by atoms with Gasteiger partial charge in [0, 0.05) is 11.8 Å². The van der Waals surface area contributed by atoms with Crippen LogP contribution in [0.25, 0.3) is 0 Å². The second-order valence-corrected chi connectivity index (χ2v) is 5.18. The van der Waals surface area contributed by atoms with Gasteiger partial charge in [0.05, 0.1) is 6.10 Å². The van der Waals surface area contributed by atoms with Gasteiger partial charge in [-0.3, -0.25) is 0 Å². The van der Waals surface area contributed by atoms with Crippen molar-refractivity contribution in [2.45, 2.75) is 17.9 Å². The van der Waals surface area contributed by atoms with E-state index in [-0.39, 0.29) is 5.56 Å². The smallest absolute Gasteiger partial charge is 0.181 e. The molecule has 1 N–H and O–H groups in total. The molecule has 0 saturated carbocycles. The molecule has 0 saturated heterocycles. The molecular formula is C9H10F2O3S. The summed E-state index contributed by atoms with van der Waals surface area (Å²) in [5, 5.41) is 9.13. The molecule has 0 aliphatic heterocycles. The SMILES string of the molecule is CC(O)c1ccc(F)c(S(C)(=O)=O)c1F. The maximum Gasteiger partial charge on any atom is 0.181 e. The Hall–Kier alpha value is -1.01. The van der Waals surface area contributed by atoms with Gasteiger partial charge in [0.1, 0.15) is 10.7 Å². The van der Waals surface area contributed by atoms with E-state index >= 15 is 0 Å². The zero-order valence-corrected chi connectivity index (χ0v) is 8.98. The first-order chi connectivity index (χ1) is 6.75. The third-order valence-corrected chi connectivity index (χ3v) is 3.02. The monoisotopic (exact) mass is 236 g/mol. The highest BCUT2D eigenvalue weighted by Crippen LogP contribution is 2.25. The summed E-state index contributed by atoms with van der Waals surface area (Å²) in [7, 11) is -3.98. The number of sulfone groups is 1. The minimum Gasteiger partial charge on any atom is -0.389 e. The van der Waals surface area contributed by atoms with Crippen molar-refractivity contribution in [3.8, 4) is 0 Å². The van der Waals surface area contributed by atoms with Crippen LogP contribution in [0.4, 0.5) is 8.78 Å². The lowest BCUT2D eigenvalue weighted by Gasteiger charge is -2.09. The van der Waals surface area contributed by atoms with E-state index in [1.54, 1.807) is 0 Å². The van der Waals surface area contributed by atoms with Crippen LogP contribution in [-0.2, 0) is 9.84 Å². The van der Waals surface area contributed by atoms with E-state index < -0.39 is 32.5 Å². The molecule has 1 rings (SSSR count). The zero-order chi connectivity index (χ0) is 11.8. The molecule has 0 spiro atoms. The van der Waals surface area contributed by atoms with E-state index in [1.807, 2.05) is 0 Å². The van der Waals surface area contributed by atoms with Crippen molar-refractivity contribution in [3.05, 3.63) is 29.3 Å². The minimum atomic E-state index is -3.98. The third kappa shape index (κ3) is 2.32. The van der Waals surface area contributed by atoms with Gasteiger partial charge in [0.15, 0.2) is 15.7 Å². The lowest BCUT2D eigenvalue weighted by Crippen LogP contribution is -2.08. The topological polar surface area (TPSA) is 54.4 Å². The van der Waals surface area contributed by atoms with Crippen LogP contribution in [0.3, 0.4) is 0 Å². The first kappa shape index (κ1) is 12.1. The highest BCUT2D eigenvalue weighted by molar-refractivity contribution is 7.90. The molecule has 1 aromatic carbocycles. The van der Waals surface area contributed by atoms with Crippen molar-refractivity contribution < 1.29 is 22.3 Å². The van der Waals surface area contributed by atoms with Crippen LogP contribution < -0.4 is 0 Å². The van der Waals surface area contributed by atoms with Gasteiger partial charge in [-0.05, 0) is 13.0 Å². The van der Waals surface area contributed by atoms with Crippen LogP contribution in [0.15, 0.2) is 17.0 Å². The fourth-order valence-electron chi connectivity index (χ4n) is 1.21. The van der Waals surface area contributed by atoms with E-state index in [0.29, 0.717) is 6.26 Å². The van der Waals surface area contributed by atoms with Crippen LogP contribution >= 0.6 is 0 Å². The molecule has 0 fully saturated rings. The number of halogens is 2. The summed E-state index contributed by atoms with van der Waals surface area (Å²) < 4.78 is 48.8. The molecule has 15 heavy (non-hydrogen) atoms. The predicted octanol–water partition coefficient (Wildman–Crippen LogP) is 1.42. The normalized spacial score (nSPS) is 13.9. The van der Waals surface area contributed by atoms with Crippen molar-refractivity contribution in [2.75, 3.05) is 6.26 Å². The molecule has 0 heterocycles. The first-order valence-corrected chi connectivity index (χ1v) is 6.00. The largest absolute Gasteiger partial charge is 0.389 e. The summed E-state index contributed by atoms with van der Waals surface area (Å²) in [5.41, 5.74) is -0.239. The highest BCUT2D eigenvalue weighted by atomic mass is 32.2. The Bertz CT molecular complexity index is 480. The molecular weight excluding hydrogens is 226 g/mol. The minimum absolute atomic E-state index is 0.239. The van der Waals surface area contributed by atoms with Crippen LogP contribution in [0, 0.1) is 11.6 Å². The average Bonchev–Trinajstić information content (AvgIpc) is 2.00. The molecule has 0 aromatic heterocycles. The molecule has 0 amide bonds. The third-order valence-electron chi connectivity index (χ3n) is 1.90. The number of benzene rings is 1. The molecule has 6 heteroatoms. The zero-order valence-electron chi connectivity index (χ0n) is 8.16. The second-order valence-electron chi connectivity index (χ2n) is 3.23. The molecule has 0 radical (unpaired) electrons. The Balaban J connectivity index is 3.59.